The number of carbonyl (C=O) groups excluding carboxylic acids is 1. The molecular weight excluding hydrogens is 240 g/mol. The van der Waals surface area contributed by atoms with Gasteiger partial charge in [-0.15, -0.1) is 0 Å². The maximum atomic E-state index is 12.5. The van der Waals surface area contributed by atoms with Crippen LogP contribution in [0.3, 0.4) is 0 Å². The first-order chi connectivity index (χ1) is 9.16. The summed E-state index contributed by atoms with van der Waals surface area (Å²) in [6.07, 6.45) is 2.76. The van der Waals surface area contributed by atoms with Crippen LogP contribution in [0.15, 0.2) is 24.4 Å². The Labute approximate surface area is 114 Å². The summed E-state index contributed by atoms with van der Waals surface area (Å²) in [4.78, 5) is 20.7. The number of carbonyl (C=O) groups is 1. The van der Waals surface area contributed by atoms with Gasteiger partial charge in [-0.05, 0) is 39.2 Å². The molecule has 1 saturated heterocycles. The predicted octanol–water partition coefficient (Wildman–Crippen LogP) is 0.334. The molecule has 1 aromatic heterocycles. The molecule has 1 atom stereocenters. The molecule has 5 nitrogen and oxygen atoms in total. The van der Waals surface area contributed by atoms with Gasteiger partial charge < -0.3 is 15.1 Å². The van der Waals surface area contributed by atoms with Crippen molar-refractivity contribution in [2.45, 2.75) is 19.0 Å². The molecule has 0 radical (unpaired) electrons. The van der Waals surface area contributed by atoms with E-state index in [2.05, 4.69) is 10.3 Å². The molecule has 1 N–H and O–H groups in total. The van der Waals surface area contributed by atoms with Crippen LogP contribution < -0.4 is 5.32 Å². The Balaban J connectivity index is 2.04. The van der Waals surface area contributed by atoms with Crippen LogP contribution >= 0.6 is 0 Å². The average Bonchev–Trinajstić information content (AvgIpc) is 2.55. The summed E-state index contributed by atoms with van der Waals surface area (Å²) < 4.78 is 0. The van der Waals surface area contributed by atoms with Crippen LogP contribution in [0.4, 0.5) is 0 Å². The molecule has 0 bridgehead atoms. The van der Waals surface area contributed by atoms with Crippen molar-refractivity contribution < 1.29 is 4.79 Å². The molecule has 19 heavy (non-hydrogen) atoms. The van der Waals surface area contributed by atoms with Gasteiger partial charge in [-0.3, -0.25) is 9.78 Å². The van der Waals surface area contributed by atoms with Gasteiger partial charge in [-0.1, -0.05) is 6.07 Å². The fourth-order valence-electron chi connectivity index (χ4n) is 2.32. The first-order valence-electron chi connectivity index (χ1n) is 6.73. The summed E-state index contributed by atoms with van der Waals surface area (Å²) in [7, 11) is 3.98. The van der Waals surface area contributed by atoms with E-state index in [0.717, 1.165) is 31.7 Å². The van der Waals surface area contributed by atoms with Crippen LogP contribution in [0.1, 0.15) is 12.1 Å². The molecule has 0 aliphatic carbocycles. The minimum atomic E-state index is -0.110. The van der Waals surface area contributed by atoms with Crippen molar-refractivity contribution >= 4 is 5.91 Å². The Morgan fingerprint density at radius 3 is 3.00 bits per heavy atom. The molecule has 0 aromatic carbocycles. The van der Waals surface area contributed by atoms with Gasteiger partial charge in [0.2, 0.25) is 5.91 Å². The fraction of sp³-hybridized carbons (Fsp3) is 0.571. The molecule has 2 rings (SSSR count). The highest BCUT2D eigenvalue weighted by Crippen LogP contribution is 2.08. The van der Waals surface area contributed by atoms with Crippen LogP contribution in [0.25, 0.3) is 0 Å². The van der Waals surface area contributed by atoms with E-state index in [1.807, 2.05) is 42.1 Å². The molecule has 2 heterocycles. The number of aromatic nitrogens is 1. The minimum absolute atomic E-state index is 0.110. The third-order valence-corrected chi connectivity index (χ3v) is 3.23. The maximum Gasteiger partial charge on any atom is 0.241 e. The van der Waals surface area contributed by atoms with Crippen molar-refractivity contribution in [2.75, 3.05) is 33.7 Å². The number of amides is 1. The van der Waals surface area contributed by atoms with Crippen molar-refractivity contribution in [1.82, 2.24) is 20.1 Å². The van der Waals surface area contributed by atoms with E-state index >= 15 is 0 Å². The van der Waals surface area contributed by atoms with E-state index < -0.39 is 0 Å². The van der Waals surface area contributed by atoms with Crippen LogP contribution in [0.2, 0.25) is 0 Å². The number of likely N-dealkylation sites (N-methyl/N-ethyl adjacent to an activating group) is 1. The van der Waals surface area contributed by atoms with Gasteiger partial charge in [0.05, 0.1) is 18.3 Å². The number of pyridine rings is 1. The van der Waals surface area contributed by atoms with E-state index in [4.69, 9.17) is 0 Å². The van der Waals surface area contributed by atoms with Gasteiger partial charge >= 0.3 is 0 Å². The highest BCUT2D eigenvalue weighted by Gasteiger charge is 2.27. The Bertz CT molecular complexity index is 407. The number of hydrogen-bond acceptors (Lipinski definition) is 4. The van der Waals surface area contributed by atoms with Crippen molar-refractivity contribution in [3.8, 4) is 0 Å². The van der Waals surface area contributed by atoms with Gasteiger partial charge in [0.1, 0.15) is 0 Å². The quantitative estimate of drug-likeness (QED) is 0.850. The predicted molar refractivity (Wildman–Crippen MR) is 74.6 cm³/mol. The second-order valence-corrected chi connectivity index (χ2v) is 5.20. The van der Waals surface area contributed by atoms with Gasteiger partial charge in [0.15, 0.2) is 0 Å². The van der Waals surface area contributed by atoms with Crippen molar-refractivity contribution in [3.05, 3.63) is 30.1 Å². The van der Waals surface area contributed by atoms with Crippen LogP contribution in [0.5, 0.6) is 0 Å². The SMILES string of the molecule is CN(C)CC1NCCCN(Cc2ccccn2)C1=O. The minimum Gasteiger partial charge on any atom is -0.335 e. The number of rotatable bonds is 4. The number of hydrogen-bond donors (Lipinski definition) is 1. The van der Waals surface area contributed by atoms with Gasteiger partial charge in [-0.2, -0.15) is 0 Å². The molecule has 0 spiro atoms. The van der Waals surface area contributed by atoms with E-state index in [9.17, 15) is 4.79 Å². The monoisotopic (exact) mass is 262 g/mol. The second kappa shape index (κ2) is 6.63. The lowest BCUT2D eigenvalue weighted by Gasteiger charge is -2.25. The highest BCUT2D eigenvalue weighted by molar-refractivity contribution is 5.82. The lowest BCUT2D eigenvalue weighted by atomic mass is 10.2. The number of nitrogens with zero attached hydrogens (tertiary/aromatic N) is 3. The molecular formula is C14H22N4O. The lowest BCUT2D eigenvalue weighted by Crippen LogP contribution is -2.48. The van der Waals surface area contributed by atoms with Gasteiger partial charge in [0, 0.05) is 19.3 Å². The zero-order valence-electron chi connectivity index (χ0n) is 11.7. The maximum absolute atomic E-state index is 12.5. The summed E-state index contributed by atoms with van der Waals surface area (Å²) in [5, 5.41) is 3.33. The zero-order valence-corrected chi connectivity index (χ0v) is 11.7. The molecule has 104 valence electrons. The molecule has 1 unspecified atom stereocenters. The van der Waals surface area contributed by atoms with E-state index in [0.29, 0.717) is 6.54 Å². The third-order valence-electron chi connectivity index (χ3n) is 3.23. The molecule has 1 aromatic rings. The smallest absolute Gasteiger partial charge is 0.241 e. The first-order valence-corrected chi connectivity index (χ1v) is 6.73. The third kappa shape index (κ3) is 4.01. The van der Waals surface area contributed by atoms with Gasteiger partial charge in [-0.25, -0.2) is 0 Å². The summed E-state index contributed by atoms with van der Waals surface area (Å²) in [6, 6.07) is 5.71. The highest BCUT2D eigenvalue weighted by atomic mass is 16.2. The zero-order chi connectivity index (χ0) is 13.7. The first kappa shape index (κ1) is 14.0. The summed E-state index contributed by atoms with van der Waals surface area (Å²) in [6.45, 7) is 3.03. The lowest BCUT2D eigenvalue weighted by molar-refractivity contribution is -0.133. The molecule has 1 aliphatic rings. The van der Waals surface area contributed by atoms with Crippen molar-refractivity contribution in [3.63, 3.8) is 0 Å². The summed E-state index contributed by atoms with van der Waals surface area (Å²) in [5.74, 6) is 0.178. The van der Waals surface area contributed by atoms with Gasteiger partial charge in [0.25, 0.3) is 0 Å². The Morgan fingerprint density at radius 2 is 2.32 bits per heavy atom. The molecule has 1 aliphatic heterocycles. The Morgan fingerprint density at radius 1 is 1.47 bits per heavy atom. The normalized spacial score (nSPS) is 20.7. The molecule has 5 heteroatoms. The topological polar surface area (TPSA) is 48.5 Å². The molecule has 0 saturated carbocycles. The largest absolute Gasteiger partial charge is 0.335 e. The standard InChI is InChI=1S/C14H22N4O/c1-17(2)11-13-14(19)18(9-5-8-16-13)10-12-6-3-4-7-15-12/h3-4,6-7,13,16H,5,8-11H2,1-2H3. The Kier molecular flexibility index (Phi) is 4.87. The summed E-state index contributed by atoms with van der Waals surface area (Å²) >= 11 is 0. The summed E-state index contributed by atoms with van der Waals surface area (Å²) in [5.41, 5.74) is 0.946. The van der Waals surface area contributed by atoms with E-state index in [-0.39, 0.29) is 11.9 Å². The van der Waals surface area contributed by atoms with Crippen molar-refractivity contribution in [1.29, 1.82) is 0 Å². The van der Waals surface area contributed by atoms with Crippen LogP contribution in [-0.2, 0) is 11.3 Å². The Hall–Kier alpha value is -1.46. The molecule has 1 fully saturated rings. The number of nitrogens with one attached hydrogen (secondary N) is 1. The van der Waals surface area contributed by atoms with Crippen LogP contribution in [-0.4, -0.2) is 60.5 Å². The average molecular weight is 262 g/mol. The second-order valence-electron chi connectivity index (χ2n) is 5.20. The van der Waals surface area contributed by atoms with E-state index in [1.165, 1.54) is 0 Å². The van der Waals surface area contributed by atoms with E-state index in [1.54, 1.807) is 6.20 Å². The van der Waals surface area contributed by atoms with Crippen LogP contribution in [0, 0.1) is 0 Å². The fourth-order valence-corrected chi connectivity index (χ4v) is 2.32. The molecule has 1 amide bonds. The van der Waals surface area contributed by atoms with Crippen molar-refractivity contribution in [2.24, 2.45) is 0 Å².